The van der Waals surface area contributed by atoms with Crippen LogP contribution in [0.15, 0.2) is 18.2 Å². The fourth-order valence-electron chi connectivity index (χ4n) is 2.75. The Bertz CT molecular complexity index is 442. The topological polar surface area (TPSA) is 49.3 Å². The number of aromatic hydroxyl groups is 1. The molecule has 1 amide bonds. The van der Waals surface area contributed by atoms with Crippen LogP contribution in [0, 0.1) is 18.8 Å². The van der Waals surface area contributed by atoms with E-state index < -0.39 is 0 Å². The van der Waals surface area contributed by atoms with Gasteiger partial charge in [-0.1, -0.05) is 13.3 Å². The molecule has 2 rings (SSSR count). The Balaban J connectivity index is 1.91. The summed E-state index contributed by atoms with van der Waals surface area (Å²) in [5, 5.41) is 12.3. The molecule has 0 bridgehead atoms. The average Bonchev–Trinajstić information content (AvgIpc) is 2.72. The van der Waals surface area contributed by atoms with E-state index in [0.29, 0.717) is 11.5 Å². The van der Waals surface area contributed by atoms with Gasteiger partial charge in [-0.2, -0.15) is 0 Å². The molecule has 98 valence electrons. The van der Waals surface area contributed by atoms with E-state index in [1.165, 1.54) is 19.3 Å². The van der Waals surface area contributed by atoms with Gasteiger partial charge in [-0.05, 0) is 55.4 Å². The summed E-state index contributed by atoms with van der Waals surface area (Å²) in [6.45, 7) is 4.88. The van der Waals surface area contributed by atoms with E-state index in [2.05, 4.69) is 12.2 Å². The quantitative estimate of drug-likeness (QED) is 0.863. The molecular weight excluding hydrogens is 226 g/mol. The first-order valence-corrected chi connectivity index (χ1v) is 6.64. The van der Waals surface area contributed by atoms with Gasteiger partial charge >= 0.3 is 0 Å². The molecule has 1 aromatic rings. The Morgan fingerprint density at radius 2 is 2.22 bits per heavy atom. The number of carbonyl (C=O) groups excluding carboxylic acids is 1. The summed E-state index contributed by atoms with van der Waals surface area (Å²) in [5.74, 6) is 1.59. The predicted molar refractivity (Wildman–Crippen MR) is 71.7 cm³/mol. The van der Waals surface area contributed by atoms with Crippen LogP contribution in [0.2, 0.25) is 0 Å². The fourth-order valence-corrected chi connectivity index (χ4v) is 2.75. The summed E-state index contributed by atoms with van der Waals surface area (Å²) in [5.41, 5.74) is 1.46. The minimum absolute atomic E-state index is 0.0351. The molecule has 1 fully saturated rings. The Hall–Kier alpha value is -1.51. The summed E-state index contributed by atoms with van der Waals surface area (Å²) in [4.78, 5) is 12.0. The molecule has 0 aromatic heterocycles. The molecule has 3 nitrogen and oxygen atoms in total. The van der Waals surface area contributed by atoms with Crippen molar-refractivity contribution in [1.29, 1.82) is 0 Å². The zero-order chi connectivity index (χ0) is 13.1. The number of carbonyl (C=O) groups is 1. The number of hydrogen-bond acceptors (Lipinski definition) is 2. The lowest BCUT2D eigenvalue weighted by Gasteiger charge is -2.12. The van der Waals surface area contributed by atoms with Crippen molar-refractivity contribution in [3.05, 3.63) is 29.3 Å². The summed E-state index contributed by atoms with van der Waals surface area (Å²) >= 11 is 0. The Morgan fingerprint density at radius 3 is 2.83 bits per heavy atom. The molecule has 0 aliphatic heterocycles. The maximum Gasteiger partial charge on any atom is 0.251 e. The molecule has 1 aliphatic rings. The molecule has 0 saturated heterocycles. The second-order valence-corrected chi connectivity index (χ2v) is 5.49. The molecular formula is C15H21NO2. The van der Waals surface area contributed by atoms with Gasteiger partial charge in [0.05, 0.1) is 0 Å². The lowest BCUT2D eigenvalue weighted by Crippen LogP contribution is -2.28. The number of rotatable bonds is 3. The van der Waals surface area contributed by atoms with E-state index in [9.17, 15) is 9.90 Å². The second-order valence-electron chi connectivity index (χ2n) is 5.49. The van der Waals surface area contributed by atoms with Crippen molar-refractivity contribution in [3.8, 4) is 5.75 Å². The molecule has 3 heteroatoms. The van der Waals surface area contributed by atoms with Crippen LogP contribution in [0.5, 0.6) is 5.75 Å². The Morgan fingerprint density at radius 1 is 1.44 bits per heavy atom. The van der Waals surface area contributed by atoms with Crippen molar-refractivity contribution in [3.63, 3.8) is 0 Å². The van der Waals surface area contributed by atoms with Crippen LogP contribution in [0.1, 0.15) is 42.1 Å². The van der Waals surface area contributed by atoms with Gasteiger partial charge in [-0.15, -0.1) is 0 Å². The van der Waals surface area contributed by atoms with Crippen molar-refractivity contribution < 1.29 is 9.90 Å². The second kappa shape index (κ2) is 5.42. The first kappa shape index (κ1) is 12.9. The fraction of sp³-hybridized carbons (Fsp3) is 0.533. The van der Waals surface area contributed by atoms with Crippen LogP contribution in [-0.2, 0) is 0 Å². The third-order valence-electron chi connectivity index (χ3n) is 3.81. The van der Waals surface area contributed by atoms with E-state index in [1.54, 1.807) is 18.2 Å². The van der Waals surface area contributed by atoms with E-state index in [0.717, 1.165) is 18.0 Å². The third-order valence-corrected chi connectivity index (χ3v) is 3.81. The van der Waals surface area contributed by atoms with Crippen molar-refractivity contribution in [2.75, 3.05) is 6.54 Å². The molecule has 0 radical (unpaired) electrons. The van der Waals surface area contributed by atoms with Crippen LogP contribution in [0.3, 0.4) is 0 Å². The number of phenols is 1. The molecule has 1 aliphatic carbocycles. The van der Waals surface area contributed by atoms with Gasteiger partial charge in [-0.3, -0.25) is 4.79 Å². The standard InChI is InChI=1S/C15H21NO2/c1-10-3-4-12(7-10)9-16-15(18)14-6-5-13(17)8-11(14)2/h5-6,8,10,12,17H,3-4,7,9H2,1-2H3,(H,16,18). The van der Waals surface area contributed by atoms with Crippen LogP contribution < -0.4 is 5.32 Å². The largest absolute Gasteiger partial charge is 0.508 e. The van der Waals surface area contributed by atoms with Gasteiger partial charge in [0.1, 0.15) is 5.75 Å². The maximum atomic E-state index is 12.0. The lowest BCUT2D eigenvalue weighted by molar-refractivity contribution is 0.0946. The lowest BCUT2D eigenvalue weighted by atomic mass is 10.1. The van der Waals surface area contributed by atoms with Crippen LogP contribution in [0.4, 0.5) is 0 Å². The molecule has 18 heavy (non-hydrogen) atoms. The molecule has 2 atom stereocenters. The van der Waals surface area contributed by atoms with Crippen LogP contribution >= 0.6 is 0 Å². The van der Waals surface area contributed by atoms with Crippen molar-refractivity contribution in [1.82, 2.24) is 5.32 Å². The Kier molecular flexibility index (Phi) is 3.90. The van der Waals surface area contributed by atoms with E-state index in [4.69, 9.17) is 0 Å². The Labute approximate surface area is 108 Å². The third kappa shape index (κ3) is 3.03. The number of hydrogen-bond donors (Lipinski definition) is 2. The number of benzene rings is 1. The molecule has 2 unspecified atom stereocenters. The summed E-state index contributed by atoms with van der Waals surface area (Å²) in [6.07, 6.45) is 3.71. The van der Waals surface area contributed by atoms with Crippen LogP contribution in [0.25, 0.3) is 0 Å². The van der Waals surface area contributed by atoms with Crippen molar-refractivity contribution in [2.24, 2.45) is 11.8 Å². The summed E-state index contributed by atoms with van der Waals surface area (Å²) in [7, 11) is 0. The van der Waals surface area contributed by atoms with Gasteiger partial charge in [0.25, 0.3) is 5.91 Å². The van der Waals surface area contributed by atoms with Crippen molar-refractivity contribution >= 4 is 5.91 Å². The molecule has 2 N–H and O–H groups in total. The van der Waals surface area contributed by atoms with Gasteiger partial charge < -0.3 is 10.4 Å². The molecule has 1 saturated carbocycles. The normalized spacial score (nSPS) is 23.0. The number of amides is 1. The number of aryl methyl sites for hydroxylation is 1. The highest BCUT2D eigenvalue weighted by Crippen LogP contribution is 2.29. The van der Waals surface area contributed by atoms with E-state index >= 15 is 0 Å². The number of nitrogens with one attached hydrogen (secondary N) is 1. The first-order chi connectivity index (χ1) is 8.56. The van der Waals surface area contributed by atoms with Crippen molar-refractivity contribution in [2.45, 2.75) is 33.1 Å². The minimum Gasteiger partial charge on any atom is -0.508 e. The average molecular weight is 247 g/mol. The zero-order valence-corrected chi connectivity index (χ0v) is 11.1. The van der Waals surface area contributed by atoms with Gasteiger partial charge in [0.2, 0.25) is 0 Å². The highest BCUT2D eigenvalue weighted by atomic mass is 16.3. The monoisotopic (exact) mass is 247 g/mol. The van der Waals surface area contributed by atoms with Crippen LogP contribution in [-0.4, -0.2) is 17.6 Å². The highest BCUT2D eigenvalue weighted by molar-refractivity contribution is 5.95. The smallest absolute Gasteiger partial charge is 0.251 e. The highest BCUT2D eigenvalue weighted by Gasteiger charge is 2.21. The minimum atomic E-state index is -0.0351. The predicted octanol–water partition coefficient (Wildman–Crippen LogP) is 2.87. The number of phenolic OH excluding ortho intramolecular Hbond substituents is 1. The van der Waals surface area contributed by atoms with E-state index in [-0.39, 0.29) is 11.7 Å². The SMILES string of the molecule is Cc1cc(O)ccc1C(=O)NCC1CCC(C)C1. The zero-order valence-electron chi connectivity index (χ0n) is 11.1. The summed E-state index contributed by atoms with van der Waals surface area (Å²) < 4.78 is 0. The first-order valence-electron chi connectivity index (χ1n) is 6.64. The van der Waals surface area contributed by atoms with Gasteiger partial charge in [0.15, 0.2) is 0 Å². The molecule has 1 aromatic carbocycles. The van der Waals surface area contributed by atoms with Gasteiger partial charge in [-0.25, -0.2) is 0 Å². The molecule has 0 spiro atoms. The maximum absolute atomic E-state index is 12.0. The van der Waals surface area contributed by atoms with Gasteiger partial charge in [0, 0.05) is 12.1 Å². The van der Waals surface area contributed by atoms with E-state index in [1.807, 2.05) is 6.92 Å². The molecule has 0 heterocycles. The summed E-state index contributed by atoms with van der Waals surface area (Å²) in [6, 6.07) is 4.85.